The van der Waals surface area contributed by atoms with Crippen LogP contribution < -0.4 is 5.73 Å². The number of aliphatic hydroxyl groups excluding tert-OH is 1. The third-order valence-corrected chi connectivity index (χ3v) is 2.63. The third kappa shape index (κ3) is 3.28. The van der Waals surface area contributed by atoms with Gasteiger partial charge in [0.2, 0.25) is 0 Å². The van der Waals surface area contributed by atoms with E-state index in [4.69, 9.17) is 10.3 Å². The summed E-state index contributed by atoms with van der Waals surface area (Å²) in [6, 6.07) is 0. The third-order valence-electron chi connectivity index (χ3n) is 1.54. The first-order valence-corrected chi connectivity index (χ1v) is 5.50. The van der Waals surface area contributed by atoms with E-state index in [1.165, 1.54) is 0 Å². The van der Waals surface area contributed by atoms with Crippen LogP contribution in [0, 0.1) is 0 Å². The van der Waals surface area contributed by atoms with Crippen molar-refractivity contribution in [1.82, 2.24) is 10.1 Å². The number of nitrogens with zero attached hydrogens (tertiary/aromatic N) is 2. The van der Waals surface area contributed by atoms with Crippen molar-refractivity contribution >= 4 is 11.8 Å². The minimum Gasteiger partial charge on any atom is -0.382 e. The molecule has 1 aromatic rings. The van der Waals surface area contributed by atoms with Gasteiger partial charge in [-0.15, -0.1) is 0 Å². The maximum absolute atomic E-state index is 9.29. The summed E-state index contributed by atoms with van der Waals surface area (Å²) < 4.78 is 4.85. The zero-order valence-corrected chi connectivity index (χ0v) is 9.12. The molecule has 14 heavy (non-hydrogen) atoms. The second-order valence-corrected chi connectivity index (χ2v) is 4.72. The Balaban J connectivity index is 2.50. The fourth-order valence-corrected chi connectivity index (χ4v) is 1.40. The highest BCUT2D eigenvalue weighted by Gasteiger charge is 2.14. The van der Waals surface area contributed by atoms with Gasteiger partial charge < -0.3 is 15.4 Å². The summed E-state index contributed by atoms with van der Waals surface area (Å²) in [6.45, 7) is 4.29. The molecule has 0 amide bonds. The van der Waals surface area contributed by atoms with Crippen LogP contribution in [0.5, 0.6) is 0 Å². The highest BCUT2D eigenvalue weighted by molar-refractivity contribution is 7.99. The van der Waals surface area contributed by atoms with Gasteiger partial charge in [-0.3, -0.25) is 0 Å². The number of hydrogen-bond acceptors (Lipinski definition) is 6. The summed E-state index contributed by atoms with van der Waals surface area (Å²) in [5, 5.41) is 13.6. The fraction of sp³-hybridized carbons (Fsp3) is 0.750. The molecule has 0 saturated carbocycles. The Kier molecular flexibility index (Phi) is 4.37. The van der Waals surface area contributed by atoms with Crippen LogP contribution in [0.4, 0.5) is 0 Å². The van der Waals surface area contributed by atoms with Crippen molar-refractivity contribution in [3.63, 3.8) is 0 Å². The van der Waals surface area contributed by atoms with Gasteiger partial charge in [0.25, 0.3) is 5.89 Å². The minimum atomic E-state index is -0.847. The largest absolute Gasteiger partial charge is 0.382 e. The van der Waals surface area contributed by atoms with Crippen molar-refractivity contribution in [2.75, 3.05) is 6.54 Å². The molecule has 1 aromatic heterocycles. The van der Waals surface area contributed by atoms with Gasteiger partial charge >= 0.3 is 0 Å². The van der Waals surface area contributed by atoms with Crippen molar-refractivity contribution in [2.24, 2.45) is 5.73 Å². The standard InChI is InChI=1S/C8H15N3O2S/c1-5(2)14-4-7-10-8(13-11-7)6(12)3-9/h5-6,12H,3-4,9H2,1-2H3/t6-/m0/s1. The van der Waals surface area contributed by atoms with E-state index in [-0.39, 0.29) is 12.4 Å². The normalized spacial score (nSPS) is 13.5. The minimum absolute atomic E-state index is 0.0962. The Hall–Kier alpha value is -0.590. The maximum Gasteiger partial charge on any atom is 0.256 e. The molecule has 1 atom stereocenters. The highest BCUT2D eigenvalue weighted by Crippen LogP contribution is 2.16. The molecule has 0 aliphatic heterocycles. The Morgan fingerprint density at radius 3 is 2.86 bits per heavy atom. The van der Waals surface area contributed by atoms with E-state index >= 15 is 0 Å². The molecular weight excluding hydrogens is 202 g/mol. The van der Waals surface area contributed by atoms with Crippen molar-refractivity contribution in [1.29, 1.82) is 0 Å². The summed E-state index contributed by atoms with van der Waals surface area (Å²) in [5.74, 6) is 1.50. The monoisotopic (exact) mass is 217 g/mol. The molecular formula is C8H15N3O2S. The first-order valence-electron chi connectivity index (χ1n) is 4.45. The number of nitrogens with two attached hydrogens (primary N) is 1. The molecule has 3 N–H and O–H groups in total. The molecule has 0 bridgehead atoms. The van der Waals surface area contributed by atoms with E-state index in [2.05, 4.69) is 24.0 Å². The topological polar surface area (TPSA) is 85.2 Å². The Bertz CT molecular complexity index is 277. The van der Waals surface area contributed by atoms with E-state index in [1.807, 2.05) is 0 Å². The van der Waals surface area contributed by atoms with E-state index in [0.29, 0.717) is 16.8 Å². The fourth-order valence-electron chi connectivity index (χ4n) is 0.803. The molecule has 0 radical (unpaired) electrons. The van der Waals surface area contributed by atoms with Crippen LogP contribution >= 0.6 is 11.8 Å². The smallest absolute Gasteiger partial charge is 0.256 e. The zero-order valence-electron chi connectivity index (χ0n) is 8.30. The molecule has 0 unspecified atom stereocenters. The first kappa shape index (κ1) is 11.5. The van der Waals surface area contributed by atoms with E-state index in [1.54, 1.807) is 11.8 Å². The molecule has 1 heterocycles. The summed E-state index contributed by atoms with van der Waals surface area (Å²) >= 11 is 1.72. The lowest BCUT2D eigenvalue weighted by Gasteiger charge is -2.00. The SMILES string of the molecule is CC(C)SCc1noc([C@@H](O)CN)n1. The van der Waals surface area contributed by atoms with Gasteiger partial charge in [-0.1, -0.05) is 19.0 Å². The van der Waals surface area contributed by atoms with Gasteiger partial charge in [0.15, 0.2) is 5.82 Å². The summed E-state index contributed by atoms with van der Waals surface area (Å²) in [5.41, 5.74) is 5.25. The Labute approximate surface area is 87.1 Å². The average molecular weight is 217 g/mol. The van der Waals surface area contributed by atoms with Crippen molar-refractivity contribution < 1.29 is 9.63 Å². The lowest BCUT2D eigenvalue weighted by molar-refractivity contribution is 0.141. The van der Waals surface area contributed by atoms with E-state index < -0.39 is 6.10 Å². The second kappa shape index (κ2) is 5.33. The summed E-state index contributed by atoms with van der Waals surface area (Å²) in [4.78, 5) is 4.02. The van der Waals surface area contributed by atoms with E-state index in [9.17, 15) is 5.11 Å². The van der Waals surface area contributed by atoms with Crippen LogP contribution in [0.15, 0.2) is 4.52 Å². The number of thioether (sulfide) groups is 1. The molecule has 0 aliphatic carbocycles. The number of aromatic nitrogens is 2. The van der Waals surface area contributed by atoms with Gasteiger partial charge in [0.05, 0.1) is 5.75 Å². The Morgan fingerprint density at radius 1 is 1.57 bits per heavy atom. The molecule has 0 aromatic carbocycles. The Morgan fingerprint density at radius 2 is 2.29 bits per heavy atom. The van der Waals surface area contributed by atoms with Crippen LogP contribution in [-0.4, -0.2) is 27.0 Å². The van der Waals surface area contributed by atoms with Gasteiger partial charge in [-0.05, 0) is 5.25 Å². The predicted molar refractivity (Wildman–Crippen MR) is 54.7 cm³/mol. The predicted octanol–water partition coefficient (Wildman–Crippen LogP) is 0.703. The molecule has 0 saturated heterocycles. The van der Waals surface area contributed by atoms with Crippen molar-refractivity contribution in [3.05, 3.63) is 11.7 Å². The lowest BCUT2D eigenvalue weighted by Crippen LogP contribution is -2.11. The van der Waals surface area contributed by atoms with Gasteiger partial charge in [-0.25, -0.2) is 0 Å². The average Bonchev–Trinajstić information content (AvgIpc) is 2.62. The quantitative estimate of drug-likeness (QED) is 0.755. The van der Waals surface area contributed by atoms with Gasteiger partial charge in [0.1, 0.15) is 6.10 Å². The van der Waals surface area contributed by atoms with Crippen LogP contribution in [0.2, 0.25) is 0 Å². The summed E-state index contributed by atoms with van der Waals surface area (Å²) in [7, 11) is 0. The molecule has 0 aliphatic rings. The molecule has 0 fully saturated rings. The maximum atomic E-state index is 9.29. The van der Waals surface area contributed by atoms with Crippen LogP contribution in [0.1, 0.15) is 31.7 Å². The molecule has 1 rings (SSSR count). The molecule has 80 valence electrons. The number of hydrogen-bond donors (Lipinski definition) is 2. The zero-order chi connectivity index (χ0) is 10.6. The highest BCUT2D eigenvalue weighted by atomic mass is 32.2. The summed E-state index contributed by atoms with van der Waals surface area (Å²) in [6.07, 6.45) is -0.847. The molecule has 0 spiro atoms. The van der Waals surface area contributed by atoms with Crippen LogP contribution in [-0.2, 0) is 5.75 Å². The second-order valence-electron chi connectivity index (χ2n) is 3.16. The number of rotatable bonds is 5. The van der Waals surface area contributed by atoms with Gasteiger partial charge in [0, 0.05) is 6.54 Å². The van der Waals surface area contributed by atoms with Crippen molar-refractivity contribution in [2.45, 2.75) is 31.0 Å². The number of aliphatic hydroxyl groups is 1. The molecule has 6 heteroatoms. The van der Waals surface area contributed by atoms with Crippen molar-refractivity contribution in [3.8, 4) is 0 Å². The van der Waals surface area contributed by atoms with E-state index in [0.717, 1.165) is 0 Å². The van der Waals surface area contributed by atoms with Gasteiger partial charge in [-0.2, -0.15) is 16.7 Å². The van der Waals surface area contributed by atoms with Crippen LogP contribution in [0.3, 0.4) is 0 Å². The molecule has 5 nitrogen and oxygen atoms in total. The lowest BCUT2D eigenvalue weighted by atomic mass is 10.4. The van der Waals surface area contributed by atoms with Crippen LogP contribution in [0.25, 0.3) is 0 Å². The first-order chi connectivity index (χ1) is 6.63.